The molecule has 0 fully saturated rings. The van der Waals surface area contributed by atoms with Crippen LogP contribution in [-0.4, -0.2) is 42.4 Å². The number of pyridine rings is 1. The second-order valence-corrected chi connectivity index (χ2v) is 8.57. The van der Waals surface area contributed by atoms with Gasteiger partial charge in [-0.25, -0.2) is 8.42 Å². The molecular weight excluding hydrogens is 392 g/mol. The van der Waals surface area contributed by atoms with E-state index in [0.717, 1.165) is 23.1 Å². The average molecular weight is 414 g/mol. The molecule has 1 amide bonds. The van der Waals surface area contributed by atoms with Crippen LogP contribution >= 0.6 is 0 Å². The maximum absolute atomic E-state index is 12.2. The molecule has 2 aromatic heterocycles. The van der Waals surface area contributed by atoms with Crippen molar-refractivity contribution in [2.75, 3.05) is 18.2 Å². The molecule has 9 heteroatoms. The lowest BCUT2D eigenvalue weighted by Crippen LogP contribution is -2.13. The zero-order chi connectivity index (χ0) is 20.9. The topological polar surface area (TPSA) is 114 Å². The van der Waals surface area contributed by atoms with E-state index in [4.69, 9.17) is 4.74 Å². The first-order valence-corrected chi connectivity index (χ1v) is 10.9. The van der Waals surface area contributed by atoms with E-state index in [0.29, 0.717) is 24.6 Å². The summed E-state index contributed by atoms with van der Waals surface area (Å²) >= 11 is 0. The fourth-order valence-electron chi connectivity index (χ4n) is 2.72. The van der Waals surface area contributed by atoms with Gasteiger partial charge in [-0.05, 0) is 49.7 Å². The first-order chi connectivity index (χ1) is 13.8. The fourth-order valence-corrected chi connectivity index (χ4v) is 3.35. The Labute approximate surface area is 169 Å². The third kappa shape index (κ3) is 5.41. The maximum Gasteiger partial charge on any atom is 0.225 e. The number of carbonyl (C=O) groups excluding carboxylic acids is 1. The number of carbonyl (C=O) groups is 1. The van der Waals surface area contributed by atoms with Gasteiger partial charge in [-0.2, -0.15) is 5.10 Å². The van der Waals surface area contributed by atoms with Gasteiger partial charge in [0, 0.05) is 36.2 Å². The van der Waals surface area contributed by atoms with Gasteiger partial charge in [0.2, 0.25) is 5.91 Å². The Morgan fingerprint density at radius 1 is 1.14 bits per heavy atom. The summed E-state index contributed by atoms with van der Waals surface area (Å²) in [5.41, 5.74) is 2.64. The maximum atomic E-state index is 12.2. The van der Waals surface area contributed by atoms with Gasteiger partial charge in [-0.15, -0.1) is 0 Å². The van der Waals surface area contributed by atoms with Crippen molar-refractivity contribution in [1.82, 2.24) is 15.2 Å². The fraction of sp³-hybridized carbons (Fsp3) is 0.250. The van der Waals surface area contributed by atoms with Crippen LogP contribution in [0.5, 0.6) is 5.75 Å². The number of rotatable bonds is 8. The lowest BCUT2D eigenvalue weighted by atomic mass is 10.1. The number of anilines is 1. The number of nitrogens with zero attached hydrogens (tertiary/aromatic N) is 2. The van der Waals surface area contributed by atoms with Gasteiger partial charge in [-0.1, -0.05) is 0 Å². The van der Waals surface area contributed by atoms with Crippen LogP contribution in [0.15, 0.2) is 53.7 Å². The lowest BCUT2D eigenvalue weighted by molar-refractivity contribution is -0.116. The van der Waals surface area contributed by atoms with Gasteiger partial charge in [0.1, 0.15) is 5.75 Å². The number of aromatic nitrogens is 3. The zero-order valence-corrected chi connectivity index (χ0v) is 17.0. The highest BCUT2D eigenvalue weighted by Gasteiger charge is 2.13. The summed E-state index contributed by atoms with van der Waals surface area (Å²) in [7, 11) is -3.23. The molecule has 3 aromatic rings. The molecule has 0 saturated carbocycles. The van der Waals surface area contributed by atoms with Crippen LogP contribution in [0.25, 0.3) is 11.3 Å². The second-order valence-electron chi connectivity index (χ2n) is 6.55. The first-order valence-electron chi connectivity index (χ1n) is 9.03. The lowest BCUT2D eigenvalue weighted by Gasteiger charge is -2.07. The summed E-state index contributed by atoms with van der Waals surface area (Å²) in [5.74, 6) is 0.902. The summed E-state index contributed by atoms with van der Waals surface area (Å²) in [6.45, 7) is 2.23. The van der Waals surface area contributed by atoms with E-state index in [1.807, 2.05) is 19.1 Å². The Hall–Kier alpha value is -3.20. The Balaban J connectivity index is 1.47. The Kier molecular flexibility index (Phi) is 6.28. The molecule has 0 unspecified atom stereocenters. The van der Waals surface area contributed by atoms with Crippen molar-refractivity contribution < 1.29 is 17.9 Å². The molecule has 2 heterocycles. The Bertz CT molecular complexity index is 1080. The van der Waals surface area contributed by atoms with Crippen LogP contribution in [0.3, 0.4) is 0 Å². The molecule has 8 nitrogen and oxygen atoms in total. The van der Waals surface area contributed by atoms with Gasteiger partial charge in [0.15, 0.2) is 15.7 Å². The number of sulfone groups is 1. The van der Waals surface area contributed by atoms with Crippen molar-refractivity contribution in [2.45, 2.75) is 24.7 Å². The predicted octanol–water partition coefficient (Wildman–Crippen LogP) is 2.98. The SMILES string of the molecule is Cc1c(NC(=O)CCCOc2ccc(S(C)(=O)=O)cc2)n[nH]c1-c1ccncc1. The first kappa shape index (κ1) is 20.5. The molecular formula is C20H22N4O4S. The summed E-state index contributed by atoms with van der Waals surface area (Å²) in [5, 5.41) is 9.92. The van der Waals surface area contributed by atoms with E-state index >= 15 is 0 Å². The van der Waals surface area contributed by atoms with Crippen molar-refractivity contribution >= 4 is 21.6 Å². The van der Waals surface area contributed by atoms with Crippen LogP contribution in [0.1, 0.15) is 18.4 Å². The van der Waals surface area contributed by atoms with Crippen LogP contribution in [-0.2, 0) is 14.6 Å². The summed E-state index contributed by atoms with van der Waals surface area (Å²) in [4.78, 5) is 16.4. The van der Waals surface area contributed by atoms with Crippen molar-refractivity contribution in [3.8, 4) is 17.0 Å². The normalized spacial score (nSPS) is 11.2. The van der Waals surface area contributed by atoms with Gasteiger partial charge in [0.05, 0.1) is 17.2 Å². The highest BCUT2D eigenvalue weighted by Crippen LogP contribution is 2.25. The number of hydrogen-bond donors (Lipinski definition) is 2. The molecule has 3 rings (SSSR count). The third-order valence-corrected chi connectivity index (χ3v) is 5.43. The number of aromatic amines is 1. The highest BCUT2D eigenvalue weighted by molar-refractivity contribution is 7.90. The number of ether oxygens (including phenoxy) is 1. The monoisotopic (exact) mass is 414 g/mol. The molecule has 152 valence electrons. The number of H-pyrrole nitrogens is 1. The van der Waals surface area contributed by atoms with Gasteiger partial charge in [0.25, 0.3) is 0 Å². The minimum Gasteiger partial charge on any atom is -0.494 e. The largest absolute Gasteiger partial charge is 0.494 e. The number of hydrogen-bond acceptors (Lipinski definition) is 6. The van der Waals surface area contributed by atoms with E-state index in [-0.39, 0.29) is 17.2 Å². The zero-order valence-electron chi connectivity index (χ0n) is 16.2. The molecule has 0 spiro atoms. The molecule has 0 aliphatic carbocycles. The van der Waals surface area contributed by atoms with E-state index in [2.05, 4.69) is 20.5 Å². The van der Waals surface area contributed by atoms with Gasteiger partial charge < -0.3 is 10.1 Å². The predicted molar refractivity (Wildman–Crippen MR) is 109 cm³/mol. The minimum absolute atomic E-state index is 0.156. The van der Waals surface area contributed by atoms with Crippen molar-refractivity contribution in [3.63, 3.8) is 0 Å². The third-order valence-electron chi connectivity index (χ3n) is 4.31. The van der Waals surface area contributed by atoms with Crippen LogP contribution in [0.4, 0.5) is 5.82 Å². The number of nitrogens with one attached hydrogen (secondary N) is 2. The molecule has 2 N–H and O–H groups in total. The summed E-state index contributed by atoms with van der Waals surface area (Å²) in [6, 6.07) is 9.93. The van der Waals surface area contributed by atoms with E-state index in [1.165, 1.54) is 12.1 Å². The van der Waals surface area contributed by atoms with Crippen LogP contribution in [0.2, 0.25) is 0 Å². The standard InChI is InChI=1S/C20H22N4O4S/c1-14-19(15-9-11-21-12-10-15)23-24-20(14)22-18(25)4-3-13-28-16-5-7-17(8-6-16)29(2,26)27/h5-12H,3-4,13H2,1-2H3,(H2,22,23,24,25). The van der Waals surface area contributed by atoms with Crippen LogP contribution in [0, 0.1) is 6.92 Å². The number of amides is 1. The van der Waals surface area contributed by atoms with Gasteiger partial charge in [-0.3, -0.25) is 14.9 Å². The van der Waals surface area contributed by atoms with E-state index in [1.54, 1.807) is 24.5 Å². The van der Waals surface area contributed by atoms with Crippen molar-refractivity contribution in [2.24, 2.45) is 0 Å². The molecule has 0 saturated heterocycles. The van der Waals surface area contributed by atoms with E-state index in [9.17, 15) is 13.2 Å². The molecule has 0 aliphatic heterocycles. The quantitative estimate of drug-likeness (QED) is 0.548. The molecule has 29 heavy (non-hydrogen) atoms. The molecule has 0 radical (unpaired) electrons. The highest BCUT2D eigenvalue weighted by atomic mass is 32.2. The van der Waals surface area contributed by atoms with Gasteiger partial charge >= 0.3 is 0 Å². The number of benzene rings is 1. The van der Waals surface area contributed by atoms with Crippen molar-refractivity contribution in [3.05, 3.63) is 54.4 Å². The Morgan fingerprint density at radius 2 is 1.83 bits per heavy atom. The molecule has 1 aromatic carbocycles. The smallest absolute Gasteiger partial charge is 0.225 e. The van der Waals surface area contributed by atoms with Crippen molar-refractivity contribution in [1.29, 1.82) is 0 Å². The summed E-state index contributed by atoms with van der Waals surface area (Å²) in [6.07, 6.45) is 5.34. The minimum atomic E-state index is -3.23. The molecule has 0 bridgehead atoms. The molecule has 0 aliphatic rings. The molecule has 0 atom stereocenters. The average Bonchev–Trinajstić information content (AvgIpc) is 3.06. The summed E-state index contributed by atoms with van der Waals surface area (Å²) < 4.78 is 28.4. The second kappa shape index (κ2) is 8.87. The van der Waals surface area contributed by atoms with E-state index < -0.39 is 9.84 Å². The van der Waals surface area contributed by atoms with Crippen LogP contribution < -0.4 is 10.1 Å². The Morgan fingerprint density at radius 3 is 2.48 bits per heavy atom.